The number of ether oxygens (including phenoxy) is 1. The quantitative estimate of drug-likeness (QED) is 0.928. The third kappa shape index (κ3) is 3.51. The fourth-order valence-corrected chi connectivity index (χ4v) is 2.86. The zero-order chi connectivity index (χ0) is 16.2. The van der Waals surface area contributed by atoms with Crippen LogP contribution in [-0.2, 0) is 4.74 Å². The molecule has 1 saturated heterocycles. The highest BCUT2D eigenvalue weighted by Gasteiger charge is 2.28. The molecule has 1 aliphatic heterocycles. The van der Waals surface area contributed by atoms with Crippen LogP contribution in [0.5, 0.6) is 0 Å². The molecular formula is C17H19ClN2O3. The lowest BCUT2D eigenvalue weighted by Gasteiger charge is -2.32. The first-order chi connectivity index (χ1) is 11.2. The Morgan fingerprint density at radius 2 is 2.30 bits per heavy atom. The normalized spacial score (nSPS) is 18.0. The van der Waals surface area contributed by atoms with Gasteiger partial charge in [0.15, 0.2) is 0 Å². The monoisotopic (exact) mass is 334 g/mol. The number of benzene rings is 1. The number of carbonyl (C=O) groups excluding carboxylic acids is 1. The van der Waals surface area contributed by atoms with Gasteiger partial charge in [0.1, 0.15) is 11.9 Å². The van der Waals surface area contributed by atoms with Gasteiger partial charge in [-0.05, 0) is 37.3 Å². The van der Waals surface area contributed by atoms with Gasteiger partial charge < -0.3 is 19.4 Å². The fraction of sp³-hybridized carbons (Fsp3) is 0.353. The van der Waals surface area contributed by atoms with Gasteiger partial charge in [-0.3, -0.25) is 4.79 Å². The zero-order valence-electron chi connectivity index (χ0n) is 12.9. The van der Waals surface area contributed by atoms with E-state index in [1.807, 2.05) is 25.1 Å². The molecule has 2 aromatic rings. The van der Waals surface area contributed by atoms with Crippen LogP contribution >= 0.6 is 11.6 Å². The van der Waals surface area contributed by atoms with Crippen molar-refractivity contribution < 1.29 is 13.9 Å². The number of hydrogen-bond acceptors (Lipinski definition) is 4. The number of nitrogens with zero attached hydrogens (tertiary/aromatic N) is 1. The minimum atomic E-state index is -0.232. The number of halogens is 1. The van der Waals surface area contributed by atoms with Crippen LogP contribution in [0.25, 0.3) is 0 Å². The predicted octanol–water partition coefficient (Wildman–Crippen LogP) is 3.58. The summed E-state index contributed by atoms with van der Waals surface area (Å²) in [6.07, 6.45) is 1.38. The molecule has 1 atom stereocenters. The van der Waals surface area contributed by atoms with Crippen molar-refractivity contribution in [1.82, 2.24) is 4.90 Å². The summed E-state index contributed by atoms with van der Waals surface area (Å²) in [5.41, 5.74) is 1.38. The molecule has 1 amide bonds. The van der Waals surface area contributed by atoms with Crippen molar-refractivity contribution in [1.29, 1.82) is 0 Å². The van der Waals surface area contributed by atoms with Gasteiger partial charge in [0.05, 0.1) is 25.0 Å². The number of anilines is 1. The van der Waals surface area contributed by atoms with Gasteiger partial charge in [-0.1, -0.05) is 11.6 Å². The number of furan rings is 1. The Kier molecular flexibility index (Phi) is 4.88. The molecule has 0 spiro atoms. The summed E-state index contributed by atoms with van der Waals surface area (Å²) < 4.78 is 11.1. The summed E-state index contributed by atoms with van der Waals surface area (Å²) in [5.74, 6) is 0.684. The molecule has 1 N–H and O–H groups in total. The summed E-state index contributed by atoms with van der Waals surface area (Å²) in [6, 6.07) is 9.01. The zero-order valence-corrected chi connectivity index (χ0v) is 13.7. The summed E-state index contributed by atoms with van der Waals surface area (Å²) in [4.78, 5) is 14.7. The molecule has 0 aliphatic carbocycles. The Morgan fingerprint density at radius 3 is 3.04 bits per heavy atom. The maximum Gasteiger partial charge on any atom is 0.256 e. The van der Waals surface area contributed by atoms with Gasteiger partial charge >= 0.3 is 0 Å². The molecule has 1 aromatic carbocycles. The maximum atomic E-state index is 12.9. The molecule has 0 bridgehead atoms. The van der Waals surface area contributed by atoms with Crippen LogP contribution in [0.15, 0.2) is 41.0 Å². The van der Waals surface area contributed by atoms with Crippen molar-refractivity contribution in [2.45, 2.75) is 13.0 Å². The largest absolute Gasteiger partial charge is 0.467 e. The van der Waals surface area contributed by atoms with Gasteiger partial charge in [0.2, 0.25) is 0 Å². The summed E-state index contributed by atoms with van der Waals surface area (Å²) in [5, 5.41) is 3.75. The van der Waals surface area contributed by atoms with E-state index in [4.69, 9.17) is 20.8 Å². The van der Waals surface area contributed by atoms with Gasteiger partial charge in [-0.15, -0.1) is 0 Å². The second-order valence-electron chi connectivity index (χ2n) is 5.35. The minimum absolute atomic E-state index is 0.0525. The van der Waals surface area contributed by atoms with Crippen molar-refractivity contribution in [3.63, 3.8) is 0 Å². The first-order valence-electron chi connectivity index (χ1n) is 7.66. The van der Waals surface area contributed by atoms with E-state index in [0.29, 0.717) is 30.3 Å². The topological polar surface area (TPSA) is 54.7 Å². The van der Waals surface area contributed by atoms with Gasteiger partial charge in [-0.2, -0.15) is 0 Å². The molecule has 2 heterocycles. The van der Waals surface area contributed by atoms with Crippen molar-refractivity contribution >= 4 is 23.2 Å². The van der Waals surface area contributed by atoms with Gasteiger partial charge in [0.25, 0.3) is 5.91 Å². The lowest BCUT2D eigenvalue weighted by molar-refractivity contribution is -0.0321. The average molecular weight is 335 g/mol. The highest BCUT2D eigenvalue weighted by molar-refractivity contribution is 6.31. The number of morpholine rings is 1. The third-order valence-corrected chi connectivity index (χ3v) is 4.03. The average Bonchev–Trinajstić information content (AvgIpc) is 3.11. The van der Waals surface area contributed by atoms with Crippen molar-refractivity contribution in [3.8, 4) is 0 Å². The van der Waals surface area contributed by atoms with Crippen LogP contribution in [-0.4, -0.2) is 37.0 Å². The lowest BCUT2D eigenvalue weighted by atomic mass is 10.1. The van der Waals surface area contributed by atoms with Crippen molar-refractivity contribution in [2.75, 3.05) is 31.6 Å². The Hall–Kier alpha value is -1.98. The fourth-order valence-electron chi connectivity index (χ4n) is 2.69. The number of hydrogen-bond donors (Lipinski definition) is 1. The number of amides is 1. The number of rotatable bonds is 4. The molecule has 0 radical (unpaired) electrons. The highest BCUT2D eigenvalue weighted by Crippen LogP contribution is 2.26. The first kappa shape index (κ1) is 15.9. The van der Waals surface area contributed by atoms with E-state index < -0.39 is 0 Å². The molecular weight excluding hydrogens is 316 g/mol. The number of nitrogens with one attached hydrogen (secondary N) is 1. The van der Waals surface area contributed by atoms with E-state index in [1.165, 1.54) is 0 Å². The summed E-state index contributed by atoms with van der Waals surface area (Å²) in [6.45, 7) is 4.22. The smallest absolute Gasteiger partial charge is 0.256 e. The van der Waals surface area contributed by atoms with Crippen LogP contribution in [0.2, 0.25) is 5.02 Å². The third-order valence-electron chi connectivity index (χ3n) is 3.79. The Morgan fingerprint density at radius 1 is 1.43 bits per heavy atom. The van der Waals surface area contributed by atoms with E-state index in [0.717, 1.165) is 18.0 Å². The maximum absolute atomic E-state index is 12.9. The van der Waals surface area contributed by atoms with Crippen LogP contribution < -0.4 is 5.32 Å². The highest BCUT2D eigenvalue weighted by atomic mass is 35.5. The van der Waals surface area contributed by atoms with Gasteiger partial charge in [-0.25, -0.2) is 0 Å². The van der Waals surface area contributed by atoms with E-state index >= 15 is 0 Å². The molecule has 6 heteroatoms. The first-order valence-corrected chi connectivity index (χ1v) is 8.04. The van der Waals surface area contributed by atoms with E-state index in [2.05, 4.69) is 5.32 Å². The summed E-state index contributed by atoms with van der Waals surface area (Å²) in [7, 11) is 0. The molecule has 122 valence electrons. The molecule has 5 nitrogen and oxygen atoms in total. The molecule has 1 aliphatic rings. The van der Waals surface area contributed by atoms with Crippen molar-refractivity contribution in [3.05, 3.63) is 52.9 Å². The van der Waals surface area contributed by atoms with Crippen LogP contribution in [0.3, 0.4) is 0 Å². The molecule has 1 fully saturated rings. The van der Waals surface area contributed by atoms with Crippen LogP contribution in [0.4, 0.5) is 5.69 Å². The number of carbonyl (C=O) groups is 1. The van der Waals surface area contributed by atoms with Crippen LogP contribution in [0, 0.1) is 0 Å². The van der Waals surface area contributed by atoms with E-state index in [1.54, 1.807) is 23.3 Å². The Balaban J connectivity index is 1.81. The Labute approximate surface area is 140 Å². The second-order valence-corrected chi connectivity index (χ2v) is 5.78. The second kappa shape index (κ2) is 7.06. The molecule has 0 saturated carbocycles. The van der Waals surface area contributed by atoms with Gasteiger partial charge in [0, 0.05) is 23.8 Å². The summed E-state index contributed by atoms with van der Waals surface area (Å²) >= 11 is 6.07. The lowest BCUT2D eigenvalue weighted by Crippen LogP contribution is -2.42. The molecule has 1 unspecified atom stereocenters. The van der Waals surface area contributed by atoms with Crippen molar-refractivity contribution in [2.24, 2.45) is 0 Å². The van der Waals surface area contributed by atoms with Crippen LogP contribution in [0.1, 0.15) is 29.1 Å². The molecule has 23 heavy (non-hydrogen) atoms. The molecule has 3 rings (SSSR count). The van der Waals surface area contributed by atoms with E-state index in [9.17, 15) is 4.79 Å². The molecule has 1 aromatic heterocycles. The SMILES string of the molecule is CCNc1ccc(Cl)cc1C(=O)N1CCOC(c2ccco2)C1. The minimum Gasteiger partial charge on any atom is -0.467 e. The van der Waals surface area contributed by atoms with E-state index in [-0.39, 0.29) is 12.0 Å². The predicted molar refractivity (Wildman–Crippen MR) is 88.9 cm³/mol. The Bertz CT molecular complexity index is 672. The standard InChI is InChI=1S/C17H19ClN2O3/c1-2-19-14-6-5-12(18)10-13(14)17(21)20-7-9-23-16(11-20)15-4-3-8-22-15/h3-6,8,10,16,19H,2,7,9,11H2,1H3.